The highest BCUT2D eigenvalue weighted by Crippen LogP contribution is 2.47. The van der Waals surface area contributed by atoms with Crippen molar-refractivity contribution in [3.63, 3.8) is 0 Å². The number of esters is 1. The summed E-state index contributed by atoms with van der Waals surface area (Å²) >= 11 is 0. The molecular formula is C14H15NO3. The van der Waals surface area contributed by atoms with Crippen LogP contribution in [0.1, 0.15) is 63.7 Å². The molecule has 94 valence electrons. The predicted octanol–water partition coefficient (Wildman–Crippen LogP) is 2.53. The topological polar surface area (TPSA) is 59.2 Å². The number of ether oxygens (including phenoxy) is 1. The van der Waals surface area contributed by atoms with E-state index in [1.54, 1.807) is 6.92 Å². The fraction of sp³-hybridized carbons (Fsp3) is 0.429. The van der Waals surface area contributed by atoms with Gasteiger partial charge in [0.2, 0.25) is 0 Å². The third-order valence-corrected chi connectivity index (χ3v) is 3.81. The van der Waals surface area contributed by atoms with Crippen LogP contribution in [0.15, 0.2) is 12.2 Å². The maximum absolute atomic E-state index is 11.9. The number of allylic oxidation sites excluding steroid dienone is 2. The molecule has 4 rings (SSSR count). The number of H-pyrrole nitrogens is 1. The number of fused-ring (bicyclic) bond motifs is 1. The first-order valence-electron chi connectivity index (χ1n) is 6.32. The monoisotopic (exact) mass is 245 g/mol. The van der Waals surface area contributed by atoms with Gasteiger partial charge in [0.1, 0.15) is 5.69 Å². The van der Waals surface area contributed by atoms with Gasteiger partial charge in [0.15, 0.2) is 6.29 Å². The van der Waals surface area contributed by atoms with E-state index in [9.17, 15) is 9.59 Å². The second-order valence-electron chi connectivity index (χ2n) is 4.75. The fourth-order valence-corrected chi connectivity index (χ4v) is 3.09. The summed E-state index contributed by atoms with van der Waals surface area (Å²) in [7, 11) is 0. The smallest absolute Gasteiger partial charge is 0.355 e. The number of hydrogen-bond donors (Lipinski definition) is 1. The Balaban J connectivity index is 2.14. The van der Waals surface area contributed by atoms with Gasteiger partial charge in [-0.3, -0.25) is 4.79 Å². The van der Waals surface area contributed by atoms with Crippen molar-refractivity contribution in [1.29, 1.82) is 0 Å². The van der Waals surface area contributed by atoms with E-state index in [0.717, 1.165) is 30.3 Å². The predicted molar refractivity (Wildman–Crippen MR) is 66.0 cm³/mol. The highest BCUT2D eigenvalue weighted by atomic mass is 16.5. The van der Waals surface area contributed by atoms with Crippen LogP contribution in [-0.2, 0) is 4.74 Å². The summed E-state index contributed by atoms with van der Waals surface area (Å²) in [6.07, 6.45) is 7.18. The third kappa shape index (κ3) is 1.45. The van der Waals surface area contributed by atoms with Crippen LogP contribution in [0.3, 0.4) is 0 Å². The molecule has 0 unspecified atom stereocenters. The summed E-state index contributed by atoms with van der Waals surface area (Å²) in [5.74, 6) is 0.154. The molecule has 1 aromatic rings. The Hall–Kier alpha value is -1.84. The van der Waals surface area contributed by atoms with Gasteiger partial charge in [-0.1, -0.05) is 12.2 Å². The first-order chi connectivity index (χ1) is 8.76. The molecule has 1 heterocycles. The minimum atomic E-state index is -0.359. The van der Waals surface area contributed by atoms with Crippen molar-refractivity contribution < 1.29 is 14.3 Å². The normalized spacial score (nSPS) is 23.8. The first kappa shape index (κ1) is 11.3. The Kier molecular flexibility index (Phi) is 2.58. The van der Waals surface area contributed by atoms with Gasteiger partial charge < -0.3 is 9.72 Å². The first-order valence-corrected chi connectivity index (χ1v) is 6.32. The van der Waals surface area contributed by atoms with E-state index in [-0.39, 0.29) is 17.8 Å². The molecule has 2 atom stereocenters. The lowest BCUT2D eigenvalue weighted by atomic mass is 9.72. The van der Waals surface area contributed by atoms with Crippen molar-refractivity contribution in [1.82, 2.24) is 4.98 Å². The highest BCUT2D eigenvalue weighted by Gasteiger charge is 2.36. The molecule has 0 radical (unpaired) electrons. The largest absolute Gasteiger partial charge is 0.461 e. The molecule has 3 aliphatic carbocycles. The number of aromatic nitrogens is 1. The number of nitrogens with one attached hydrogen (secondary N) is 1. The standard InChI is InChI=1S/C14H15NO3/c1-2-18-14(17)13-12-9-5-3-8(4-6-9)11(12)10(7-16)15-13/h3,5,7-9,15H,2,4,6H2,1H3/t8-,9+/m0/s1. The SMILES string of the molecule is CCOC(=O)c1[nH]c(C=O)c2c1[C@@H]1C=C[C@H]2CC1. The van der Waals surface area contributed by atoms with Crippen molar-refractivity contribution in [2.45, 2.75) is 31.6 Å². The van der Waals surface area contributed by atoms with Crippen LogP contribution in [-0.4, -0.2) is 23.8 Å². The summed E-state index contributed by atoms with van der Waals surface area (Å²) in [5.41, 5.74) is 2.99. The quantitative estimate of drug-likeness (QED) is 0.505. The van der Waals surface area contributed by atoms with Gasteiger partial charge in [0.25, 0.3) is 0 Å². The average molecular weight is 245 g/mol. The van der Waals surface area contributed by atoms with Crippen LogP contribution in [0.4, 0.5) is 0 Å². The van der Waals surface area contributed by atoms with Crippen LogP contribution >= 0.6 is 0 Å². The fourth-order valence-electron chi connectivity index (χ4n) is 3.09. The molecule has 0 amide bonds. The highest BCUT2D eigenvalue weighted by molar-refractivity contribution is 5.93. The Labute approximate surface area is 105 Å². The van der Waals surface area contributed by atoms with Gasteiger partial charge in [-0.2, -0.15) is 0 Å². The number of carbonyl (C=O) groups is 2. The molecule has 0 aliphatic heterocycles. The Bertz CT molecular complexity index is 541. The molecule has 18 heavy (non-hydrogen) atoms. The van der Waals surface area contributed by atoms with E-state index < -0.39 is 0 Å². The van der Waals surface area contributed by atoms with Gasteiger partial charge >= 0.3 is 5.97 Å². The Morgan fingerprint density at radius 3 is 2.61 bits per heavy atom. The van der Waals surface area contributed by atoms with E-state index in [1.807, 2.05) is 0 Å². The number of aldehydes is 1. The minimum absolute atomic E-state index is 0.245. The van der Waals surface area contributed by atoms with E-state index in [2.05, 4.69) is 17.1 Å². The zero-order valence-electron chi connectivity index (χ0n) is 10.2. The van der Waals surface area contributed by atoms with E-state index >= 15 is 0 Å². The van der Waals surface area contributed by atoms with E-state index in [4.69, 9.17) is 4.74 Å². The molecule has 4 heteroatoms. The average Bonchev–Trinajstić information content (AvgIpc) is 2.82. The number of carbonyl (C=O) groups excluding carboxylic acids is 2. The molecule has 1 N–H and O–H groups in total. The maximum atomic E-state index is 11.9. The summed E-state index contributed by atoms with van der Waals surface area (Å²) < 4.78 is 5.05. The number of hydrogen-bond acceptors (Lipinski definition) is 3. The summed E-state index contributed by atoms with van der Waals surface area (Å²) in [4.78, 5) is 26.0. The maximum Gasteiger partial charge on any atom is 0.355 e. The Morgan fingerprint density at radius 2 is 2.06 bits per heavy atom. The molecule has 4 nitrogen and oxygen atoms in total. The van der Waals surface area contributed by atoms with Gasteiger partial charge in [-0.15, -0.1) is 0 Å². The van der Waals surface area contributed by atoms with Gasteiger partial charge in [-0.05, 0) is 30.9 Å². The second-order valence-corrected chi connectivity index (χ2v) is 4.75. The van der Waals surface area contributed by atoms with Crippen LogP contribution in [0.5, 0.6) is 0 Å². The van der Waals surface area contributed by atoms with Crippen LogP contribution in [0.2, 0.25) is 0 Å². The molecule has 0 saturated carbocycles. The zero-order valence-corrected chi connectivity index (χ0v) is 10.2. The lowest BCUT2D eigenvalue weighted by Crippen LogP contribution is -2.19. The van der Waals surface area contributed by atoms with E-state index in [1.165, 1.54) is 0 Å². The molecule has 0 spiro atoms. The molecular weight excluding hydrogens is 230 g/mol. The van der Waals surface area contributed by atoms with Crippen LogP contribution < -0.4 is 0 Å². The summed E-state index contributed by atoms with van der Waals surface area (Å²) in [6.45, 7) is 2.12. The number of rotatable bonds is 3. The van der Waals surface area contributed by atoms with Crippen molar-refractivity contribution in [2.75, 3.05) is 6.61 Å². The lowest BCUT2D eigenvalue weighted by Gasteiger charge is -2.31. The van der Waals surface area contributed by atoms with Crippen molar-refractivity contribution >= 4 is 12.3 Å². The molecule has 0 fully saturated rings. The van der Waals surface area contributed by atoms with Gasteiger partial charge in [0, 0.05) is 11.8 Å². The number of aromatic amines is 1. The Morgan fingerprint density at radius 1 is 1.39 bits per heavy atom. The summed E-state index contributed by atoms with van der Waals surface area (Å²) in [6, 6.07) is 0. The molecule has 3 aliphatic rings. The van der Waals surface area contributed by atoms with Crippen molar-refractivity contribution in [3.8, 4) is 0 Å². The molecule has 1 aromatic heterocycles. The van der Waals surface area contributed by atoms with Crippen LogP contribution in [0, 0.1) is 0 Å². The van der Waals surface area contributed by atoms with Crippen molar-refractivity contribution in [3.05, 3.63) is 34.7 Å². The summed E-state index contributed by atoms with van der Waals surface area (Å²) in [5, 5.41) is 0. The lowest BCUT2D eigenvalue weighted by molar-refractivity contribution is 0.0518. The molecule has 0 saturated heterocycles. The zero-order chi connectivity index (χ0) is 12.7. The van der Waals surface area contributed by atoms with Gasteiger partial charge in [-0.25, -0.2) is 4.79 Å². The second kappa shape index (κ2) is 4.12. The third-order valence-electron chi connectivity index (χ3n) is 3.81. The van der Waals surface area contributed by atoms with Gasteiger partial charge in [0.05, 0.1) is 12.3 Å². The molecule has 2 bridgehead atoms. The molecule has 0 aromatic carbocycles. The van der Waals surface area contributed by atoms with Crippen LogP contribution in [0.25, 0.3) is 0 Å². The minimum Gasteiger partial charge on any atom is -0.461 e. The van der Waals surface area contributed by atoms with E-state index in [0.29, 0.717) is 18.0 Å². The van der Waals surface area contributed by atoms with Crippen molar-refractivity contribution in [2.24, 2.45) is 0 Å².